The van der Waals surface area contributed by atoms with Crippen molar-refractivity contribution in [2.45, 2.75) is 51.2 Å². The summed E-state index contributed by atoms with van der Waals surface area (Å²) in [6.45, 7) is 3.17. The number of urea groups is 1. The molecule has 1 saturated heterocycles. The van der Waals surface area contributed by atoms with E-state index in [1.807, 2.05) is 0 Å². The number of hydrogen-bond donors (Lipinski definition) is 2. The van der Waals surface area contributed by atoms with E-state index in [2.05, 4.69) is 17.6 Å². The average Bonchev–Trinajstić information content (AvgIpc) is 2.76. The van der Waals surface area contributed by atoms with Crippen LogP contribution in [0.3, 0.4) is 0 Å². The van der Waals surface area contributed by atoms with Gasteiger partial charge in [0.2, 0.25) is 0 Å². The fourth-order valence-electron chi connectivity index (χ4n) is 3.05. The lowest BCUT2D eigenvalue weighted by Crippen LogP contribution is -2.44. The van der Waals surface area contributed by atoms with E-state index in [0.29, 0.717) is 31.6 Å². The summed E-state index contributed by atoms with van der Waals surface area (Å²) < 4.78 is 28.4. The number of ether oxygens (including phenoxy) is 1. The highest BCUT2D eigenvalue weighted by atomic mass is 32.2. The number of sulfone groups is 1. The predicted molar refractivity (Wildman–Crippen MR) is 81.0 cm³/mol. The highest BCUT2D eigenvalue weighted by Crippen LogP contribution is 2.25. The van der Waals surface area contributed by atoms with Crippen LogP contribution in [0.15, 0.2) is 0 Å². The predicted octanol–water partition coefficient (Wildman–Crippen LogP) is 1.07. The van der Waals surface area contributed by atoms with Crippen LogP contribution in [0, 0.1) is 5.92 Å². The first kappa shape index (κ1) is 16.5. The van der Waals surface area contributed by atoms with Gasteiger partial charge in [-0.05, 0) is 25.2 Å². The maximum atomic E-state index is 11.7. The van der Waals surface area contributed by atoms with Crippen molar-refractivity contribution in [3.8, 4) is 0 Å². The third kappa shape index (κ3) is 5.47. The van der Waals surface area contributed by atoms with Crippen LogP contribution in [0.1, 0.15) is 39.0 Å². The van der Waals surface area contributed by atoms with Crippen molar-refractivity contribution in [2.75, 3.05) is 24.7 Å². The van der Waals surface area contributed by atoms with Crippen molar-refractivity contribution in [1.29, 1.82) is 0 Å². The first-order valence-electron chi connectivity index (χ1n) is 7.83. The smallest absolute Gasteiger partial charge is 0.315 e. The van der Waals surface area contributed by atoms with E-state index >= 15 is 0 Å². The van der Waals surface area contributed by atoms with E-state index in [4.69, 9.17) is 4.74 Å². The van der Waals surface area contributed by atoms with Gasteiger partial charge in [-0.15, -0.1) is 0 Å². The van der Waals surface area contributed by atoms with E-state index in [0.717, 1.165) is 6.42 Å². The Hall–Kier alpha value is -0.820. The fourth-order valence-corrected chi connectivity index (χ4v) is 4.72. The fraction of sp³-hybridized carbons (Fsp3) is 0.929. The Kier molecular flexibility index (Phi) is 5.87. The molecule has 0 aromatic carbocycles. The molecule has 2 aliphatic rings. The van der Waals surface area contributed by atoms with Gasteiger partial charge in [0.25, 0.3) is 0 Å². The Bertz CT molecular complexity index is 452. The SMILES string of the molecule is C[C@@H]1CCCC[C@@H]1OCCNC(=O)N[C@H]1CCS(=O)(=O)C1. The Morgan fingerprint density at radius 2 is 2.00 bits per heavy atom. The standard InChI is InChI=1S/C14H26N2O4S/c1-11-4-2-3-5-13(11)20-8-7-15-14(17)16-12-6-9-21(18,19)10-12/h11-13H,2-10H2,1H3,(H2,15,16,17)/t11-,12+,13+/m1/s1. The minimum absolute atomic E-state index is 0.0521. The van der Waals surface area contributed by atoms with Gasteiger partial charge in [-0.1, -0.05) is 19.8 Å². The van der Waals surface area contributed by atoms with Crippen molar-refractivity contribution in [1.82, 2.24) is 10.6 Å². The van der Waals surface area contributed by atoms with Gasteiger partial charge < -0.3 is 15.4 Å². The topological polar surface area (TPSA) is 84.5 Å². The molecule has 0 aromatic rings. The summed E-state index contributed by atoms with van der Waals surface area (Å²) in [5, 5.41) is 5.42. The van der Waals surface area contributed by atoms with Crippen molar-refractivity contribution >= 4 is 15.9 Å². The number of carbonyl (C=O) groups is 1. The van der Waals surface area contributed by atoms with E-state index in [1.54, 1.807) is 0 Å². The van der Waals surface area contributed by atoms with Gasteiger partial charge in [-0.3, -0.25) is 0 Å². The lowest BCUT2D eigenvalue weighted by molar-refractivity contribution is -0.00244. The Morgan fingerprint density at radius 3 is 2.67 bits per heavy atom. The molecular formula is C14H26N2O4S. The summed E-state index contributed by atoms with van der Waals surface area (Å²) in [5.41, 5.74) is 0. The van der Waals surface area contributed by atoms with Crippen molar-refractivity contribution in [3.63, 3.8) is 0 Å². The van der Waals surface area contributed by atoms with Gasteiger partial charge in [0.1, 0.15) is 0 Å². The third-order valence-electron chi connectivity index (χ3n) is 4.32. The van der Waals surface area contributed by atoms with Crippen molar-refractivity contribution in [3.05, 3.63) is 0 Å². The molecule has 1 saturated carbocycles. The van der Waals surface area contributed by atoms with Crippen LogP contribution < -0.4 is 10.6 Å². The van der Waals surface area contributed by atoms with Gasteiger partial charge >= 0.3 is 6.03 Å². The van der Waals surface area contributed by atoms with Gasteiger partial charge in [0.15, 0.2) is 9.84 Å². The average molecular weight is 318 g/mol. The molecule has 2 rings (SSSR count). The van der Waals surface area contributed by atoms with Crippen LogP contribution in [0.25, 0.3) is 0 Å². The highest BCUT2D eigenvalue weighted by molar-refractivity contribution is 7.91. The molecule has 122 valence electrons. The quantitative estimate of drug-likeness (QED) is 0.743. The van der Waals surface area contributed by atoms with Crippen molar-refractivity contribution < 1.29 is 17.9 Å². The van der Waals surface area contributed by atoms with Crippen LogP contribution >= 0.6 is 0 Å². The van der Waals surface area contributed by atoms with Gasteiger partial charge in [-0.25, -0.2) is 13.2 Å². The second kappa shape index (κ2) is 7.45. The molecule has 2 amide bonds. The molecule has 0 bridgehead atoms. The zero-order valence-electron chi connectivity index (χ0n) is 12.6. The van der Waals surface area contributed by atoms with Crippen LogP contribution in [0.4, 0.5) is 4.79 Å². The maximum absolute atomic E-state index is 11.7. The zero-order valence-corrected chi connectivity index (χ0v) is 13.5. The molecule has 0 spiro atoms. The van der Waals surface area contributed by atoms with Gasteiger partial charge in [-0.2, -0.15) is 0 Å². The van der Waals surface area contributed by atoms with Crippen LogP contribution in [0.5, 0.6) is 0 Å². The summed E-state index contributed by atoms with van der Waals surface area (Å²) in [6, 6.07) is -0.563. The molecule has 0 radical (unpaired) electrons. The maximum Gasteiger partial charge on any atom is 0.315 e. The molecule has 7 heteroatoms. The van der Waals surface area contributed by atoms with E-state index in [-0.39, 0.29) is 23.6 Å². The zero-order chi connectivity index (χ0) is 15.3. The highest BCUT2D eigenvalue weighted by Gasteiger charge is 2.28. The first-order chi connectivity index (χ1) is 9.96. The second-order valence-corrected chi connectivity index (χ2v) is 8.40. The number of amides is 2. The molecule has 2 fully saturated rings. The first-order valence-corrected chi connectivity index (χ1v) is 9.65. The summed E-state index contributed by atoms with van der Waals surface area (Å²) in [5.74, 6) is 0.813. The van der Waals surface area contributed by atoms with Crippen LogP contribution in [0.2, 0.25) is 0 Å². The number of hydrogen-bond acceptors (Lipinski definition) is 4. The minimum Gasteiger partial charge on any atom is -0.376 e. The van der Waals surface area contributed by atoms with E-state index < -0.39 is 9.84 Å². The Balaban J connectivity index is 1.57. The normalized spacial score (nSPS) is 31.8. The Labute approximate surface area is 126 Å². The van der Waals surface area contributed by atoms with Gasteiger partial charge in [0.05, 0.1) is 24.2 Å². The number of rotatable bonds is 5. The summed E-state index contributed by atoms with van der Waals surface area (Å²) in [4.78, 5) is 11.7. The van der Waals surface area contributed by atoms with Crippen molar-refractivity contribution in [2.24, 2.45) is 5.92 Å². The minimum atomic E-state index is -2.95. The Morgan fingerprint density at radius 1 is 1.24 bits per heavy atom. The molecule has 6 nitrogen and oxygen atoms in total. The molecule has 1 aliphatic heterocycles. The second-order valence-electron chi connectivity index (χ2n) is 6.17. The summed E-state index contributed by atoms with van der Waals surface area (Å²) >= 11 is 0. The summed E-state index contributed by atoms with van der Waals surface area (Å²) in [7, 11) is -2.95. The third-order valence-corrected chi connectivity index (χ3v) is 6.09. The van der Waals surface area contributed by atoms with Crippen LogP contribution in [-0.4, -0.2) is 51.3 Å². The van der Waals surface area contributed by atoms with Crippen LogP contribution in [-0.2, 0) is 14.6 Å². The molecule has 21 heavy (non-hydrogen) atoms. The molecule has 0 aromatic heterocycles. The largest absolute Gasteiger partial charge is 0.376 e. The lowest BCUT2D eigenvalue weighted by Gasteiger charge is -2.28. The molecule has 3 atom stereocenters. The molecule has 2 N–H and O–H groups in total. The molecule has 1 aliphatic carbocycles. The number of carbonyl (C=O) groups excluding carboxylic acids is 1. The lowest BCUT2D eigenvalue weighted by atomic mass is 9.88. The van der Waals surface area contributed by atoms with E-state index in [1.165, 1.54) is 19.3 Å². The number of nitrogens with one attached hydrogen (secondary N) is 2. The molecular weight excluding hydrogens is 292 g/mol. The monoisotopic (exact) mass is 318 g/mol. The van der Waals surface area contributed by atoms with E-state index in [9.17, 15) is 13.2 Å². The molecule has 0 unspecified atom stereocenters. The molecule has 1 heterocycles. The summed E-state index contributed by atoms with van der Waals surface area (Å²) in [6.07, 6.45) is 5.64. The van der Waals surface area contributed by atoms with Gasteiger partial charge in [0, 0.05) is 12.6 Å².